The zero-order chi connectivity index (χ0) is 10.3. The Bertz CT molecular complexity index is 121. The van der Waals surface area contributed by atoms with Gasteiger partial charge in [0.05, 0.1) is 19.6 Å². The number of rotatable bonds is 7. The van der Waals surface area contributed by atoms with Gasteiger partial charge in [-0.15, -0.1) is 0 Å². The summed E-state index contributed by atoms with van der Waals surface area (Å²) < 4.78 is 1.07. The highest BCUT2D eigenvalue weighted by molar-refractivity contribution is 4.52. The van der Waals surface area contributed by atoms with Crippen molar-refractivity contribution in [3.8, 4) is 0 Å². The van der Waals surface area contributed by atoms with E-state index in [9.17, 15) is 5.11 Å². The summed E-state index contributed by atoms with van der Waals surface area (Å²) in [5.41, 5.74) is 0. The second kappa shape index (κ2) is 6.39. The fraction of sp³-hybridized carbons (Fsp3) is 1.00. The highest BCUT2D eigenvalue weighted by atomic mass is 16.3. The summed E-state index contributed by atoms with van der Waals surface area (Å²) >= 11 is 0. The maximum atomic E-state index is 9.67. The summed E-state index contributed by atoms with van der Waals surface area (Å²) in [6, 6.07) is 0. The van der Waals surface area contributed by atoms with Crippen LogP contribution >= 0.6 is 0 Å². The molecule has 80 valence electrons. The largest absolute Gasteiger partial charge is 0.387 e. The summed E-state index contributed by atoms with van der Waals surface area (Å²) in [6.07, 6.45) is 1.97. The minimum absolute atomic E-state index is 0.119. The van der Waals surface area contributed by atoms with Crippen LogP contribution in [0.5, 0.6) is 0 Å². The Kier molecular flexibility index (Phi) is 6.35. The summed E-state index contributed by atoms with van der Waals surface area (Å²) in [5.74, 6) is 0. The first-order valence-corrected chi connectivity index (χ1v) is 5.67. The fourth-order valence-electron chi connectivity index (χ4n) is 1.94. The Morgan fingerprint density at radius 1 is 1.08 bits per heavy atom. The Balaban J connectivity index is 4.19. The van der Waals surface area contributed by atoms with Crippen LogP contribution in [0.1, 0.15) is 40.5 Å². The van der Waals surface area contributed by atoms with Crippen molar-refractivity contribution in [2.24, 2.45) is 0 Å². The van der Waals surface area contributed by atoms with Crippen LogP contribution in [0.4, 0.5) is 0 Å². The predicted octanol–water partition coefficient (Wildman–Crippen LogP) is 2.02. The van der Waals surface area contributed by atoms with E-state index in [0.29, 0.717) is 0 Å². The summed E-state index contributed by atoms with van der Waals surface area (Å²) in [6.45, 7) is 13.1. The molecule has 0 aliphatic heterocycles. The van der Waals surface area contributed by atoms with Gasteiger partial charge in [0.1, 0.15) is 12.6 Å². The quantitative estimate of drug-likeness (QED) is 0.606. The second-order valence-corrected chi connectivity index (χ2v) is 3.94. The molecule has 0 rings (SSSR count). The molecule has 0 aliphatic carbocycles. The van der Waals surface area contributed by atoms with Gasteiger partial charge in [0, 0.05) is 0 Å². The van der Waals surface area contributed by atoms with Crippen LogP contribution in [0, 0.1) is 0 Å². The summed E-state index contributed by atoms with van der Waals surface area (Å²) in [4.78, 5) is 0. The molecule has 1 unspecified atom stereocenters. The van der Waals surface area contributed by atoms with Gasteiger partial charge < -0.3 is 9.59 Å². The van der Waals surface area contributed by atoms with E-state index >= 15 is 0 Å². The Morgan fingerprint density at radius 2 is 1.62 bits per heavy atom. The molecule has 0 aromatic rings. The zero-order valence-corrected chi connectivity index (χ0v) is 9.71. The van der Waals surface area contributed by atoms with Gasteiger partial charge in [0.2, 0.25) is 0 Å². The minimum atomic E-state index is -0.119. The monoisotopic (exact) mass is 188 g/mol. The van der Waals surface area contributed by atoms with Crippen LogP contribution in [0.25, 0.3) is 0 Å². The molecule has 0 spiro atoms. The predicted molar refractivity (Wildman–Crippen MR) is 57.7 cm³/mol. The van der Waals surface area contributed by atoms with Gasteiger partial charge in [0.25, 0.3) is 0 Å². The molecule has 0 aromatic carbocycles. The molecule has 0 aromatic heterocycles. The van der Waals surface area contributed by atoms with Crippen molar-refractivity contribution in [2.75, 3.05) is 26.2 Å². The van der Waals surface area contributed by atoms with E-state index in [1.807, 2.05) is 0 Å². The maximum Gasteiger partial charge on any atom is 0.105 e. The fourth-order valence-corrected chi connectivity index (χ4v) is 1.94. The number of quaternary nitrogens is 1. The average Bonchev–Trinajstić information content (AvgIpc) is 2.17. The molecule has 13 heavy (non-hydrogen) atoms. The van der Waals surface area contributed by atoms with Crippen LogP contribution in [-0.2, 0) is 0 Å². The topological polar surface area (TPSA) is 20.2 Å². The second-order valence-electron chi connectivity index (χ2n) is 3.94. The van der Waals surface area contributed by atoms with Crippen LogP contribution in [-0.4, -0.2) is 41.9 Å². The first-order valence-electron chi connectivity index (χ1n) is 5.67. The van der Waals surface area contributed by atoms with Crippen LogP contribution < -0.4 is 0 Å². The number of aliphatic hydroxyl groups is 1. The van der Waals surface area contributed by atoms with E-state index in [1.54, 1.807) is 0 Å². The maximum absolute atomic E-state index is 9.67. The van der Waals surface area contributed by atoms with Crippen LogP contribution in [0.2, 0.25) is 0 Å². The number of hydrogen-bond donors (Lipinski definition) is 1. The van der Waals surface area contributed by atoms with Crippen molar-refractivity contribution < 1.29 is 9.59 Å². The average molecular weight is 188 g/mol. The van der Waals surface area contributed by atoms with Gasteiger partial charge in [-0.3, -0.25) is 0 Å². The van der Waals surface area contributed by atoms with E-state index in [-0.39, 0.29) is 6.10 Å². The van der Waals surface area contributed by atoms with Crippen molar-refractivity contribution >= 4 is 0 Å². The minimum Gasteiger partial charge on any atom is -0.387 e. The van der Waals surface area contributed by atoms with Crippen molar-refractivity contribution in [2.45, 2.75) is 46.6 Å². The summed E-state index contributed by atoms with van der Waals surface area (Å²) in [7, 11) is 0. The van der Waals surface area contributed by atoms with Crippen molar-refractivity contribution in [1.82, 2.24) is 0 Å². The number of nitrogens with zero attached hydrogens (tertiary/aromatic N) is 1. The Hall–Kier alpha value is -0.0800. The molecule has 0 amide bonds. The van der Waals surface area contributed by atoms with E-state index in [4.69, 9.17) is 0 Å². The lowest BCUT2D eigenvalue weighted by Gasteiger charge is -2.38. The van der Waals surface area contributed by atoms with E-state index in [0.717, 1.165) is 30.5 Å². The van der Waals surface area contributed by atoms with Crippen LogP contribution in [0.15, 0.2) is 0 Å². The highest BCUT2D eigenvalue weighted by Gasteiger charge is 2.24. The molecule has 0 saturated carbocycles. The van der Waals surface area contributed by atoms with Gasteiger partial charge in [-0.25, -0.2) is 0 Å². The normalized spacial score (nSPS) is 14.5. The van der Waals surface area contributed by atoms with Gasteiger partial charge in [-0.2, -0.15) is 0 Å². The molecule has 0 fully saturated rings. The lowest BCUT2D eigenvalue weighted by atomic mass is 10.2. The Labute approximate surface area is 83.2 Å². The van der Waals surface area contributed by atoms with E-state index in [2.05, 4.69) is 27.7 Å². The summed E-state index contributed by atoms with van der Waals surface area (Å²) in [5, 5.41) is 9.67. The van der Waals surface area contributed by atoms with Crippen molar-refractivity contribution in [3.63, 3.8) is 0 Å². The molecule has 2 nitrogen and oxygen atoms in total. The first-order chi connectivity index (χ1) is 6.14. The molecule has 0 aliphatic rings. The zero-order valence-electron chi connectivity index (χ0n) is 9.71. The lowest BCUT2D eigenvalue weighted by molar-refractivity contribution is -0.927. The van der Waals surface area contributed by atoms with E-state index in [1.165, 1.54) is 13.0 Å². The number of hydrogen-bond acceptors (Lipinski definition) is 1. The smallest absolute Gasteiger partial charge is 0.105 e. The third-order valence-corrected chi connectivity index (χ3v) is 3.11. The van der Waals surface area contributed by atoms with Crippen LogP contribution in [0.3, 0.4) is 0 Å². The van der Waals surface area contributed by atoms with Crippen molar-refractivity contribution in [3.05, 3.63) is 0 Å². The molecule has 0 bridgehead atoms. The molecular formula is C11H26NO+. The van der Waals surface area contributed by atoms with Gasteiger partial charge in [-0.1, -0.05) is 13.8 Å². The highest BCUT2D eigenvalue weighted by Crippen LogP contribution is 2.10. The number of aliphatic hydroxyl groups excluding tert-OH is 1. The van der Waals surface area contributed by atoms with Gasteiger partial charge >= 0.3 is 0 Å². The first kappa shape index (κ1) is 12.9. The van der Waals surface area contributed by atoms with Crippen molar-refractivity contribution in [1.29, 1.82) is 0 Å². The Morgan fingerprint density at radius 3 is 1.92 bits per heavy atom. The molecule has 1 atom stereocenters. The lowest BCUT2D eigenvalue weighted by Crippen LogP contribution is -2.52. The molecule has 0 radical (unpaired) electrons. The number of likely N-dealkylation sites (N-methyl/N-ethyl adjacent to an activating group) is 1. The molecular weight excluding hydrogens is 162 g/mol. The third-order valence-electron chi connectivity index (χ3n) is 3.11. The standard InChI is InChI=1S/C11H26NO/c1-5-9-12(7-3,8-4)10-11(13)6-2/h11,13H,5-10H2,1-4H3/q+1. The van der Waals surface area contributed by atoms with Gasteiger partial charge in [0.15, 0.2) is 0 Å². The molecule has 0 saturated heterocycles. The van der Waals surface area contributed by atoms with E-state index < -0.39 is 0 Å². The van der Waals surface area contributed by atoms with Gasteiger partial charge in [-0.05, 0) is 26.7 Å². The third kappa shape index (κ3) is 4.10. The molecule has 2 heteroatoms. The molecule has 0 heterocycles. The molecule has 1 N–H and O–H groups in total. The SMILES string of the molecule is CCC[N+](CC)(CC)CC(O)CC.